The van der Waals surface area contributed by atoms with Gasteiger partial charge in [-0.1, -0.05) is 13.2 Å². The van der Waals surface area contributed by atoms with Crippen LogP contribution >= 0.6 is 0 Å². The molecule has 0 spiro atoms. The number of rotatable bonds is 3. The van der Waals surface area contributed by atoms with Crippen LogP contribution in [0.4, 0.5) is 0 Å². The summed E-state index contributed by atoms with van der Waals surface area (Å²) in [5.74, 6) is -1.21. The van der Waals surface area contributed by atoms with Crippen molar-refractivity contribution in [1.29, 1.82) is 0 Å². The number of carbonyl (C=O) groups is 2. The first-order chi connectivity index (χ1) is 8.81. The van der Waals surface area contributed by atoms with Crippen molar-refractivity contribution in [1.82, 2.24) is 0 Å². The minimum absolute atomic E-state index is 0.0490. The minimum Gasteiger partial charge on any atom is -0.478 e. The molecule has 0 aromatic rings. The van der Waals surface area contributed by atoms with Crippen molar-refractivity contribution in [2.45, 2.75) is 51.4 Å². The molecular formula is C14H20O5. The third-order valence-corrected chi connectivity index (χ3v) is 2.94. The zero-order chi connectivity index (χ0) is 14.6. The van der Waals surface area contributed by atoms with Crippen molar-refractivity contribution in [3.63, 3.8) is 0 Å². The second-order valence-electron chi connectivity index (χ2n) is 4.92. The minimum atomic E-state index is -0.935. The number of hydrogen-bond acceptors (Lipinski definition) is 4. The smallest absolute Gasteiger partial charge is 0.333 e. The second kappa shape index (κ2) is 6.52. The summed E-state index contributed by atoms with van der Waals surface area (Å²) in [7, 11) is 0. The molecule has 1 aliphatic heterocycles. The number of carboxylic acids is 1. The number of aliphatic carboxylic acids is 1. The molecule has 2 fully saturated rings. The number of epoxide rings is 1. The summed E-state index contributed by atoms with van der Waals surface area (Å²) in [5, 5.41) is 7.89. The maximum Gasteiger partial charge on any atom is 0.333 e. The second-order valence-corrected chi connectivity index (χ2v) is 4.92. The lowest BCUT2D eigenvalue weighted by Gasteiger charge is -2.19. The van der Waals surface area contributed by atoms with Gasteiger partial charge < -0.3 is 14.6 Å². The van der Waals surface area contributed by atoms with Gasteiger partial charge >= 0.3 is 11.9 Å². The van der Waals surface area contributed by atoms with E-state index in [1.807, 2.05) is 0 Å². The molecule has 1 saturated carbocycles. The fourth-order valence-electron chi connectivity index (χ4n) is 1.73. The standard InChI is InChI=1S/C10H14O3.C4H6O2/c1-6(2)10(11)12-7-3-4-8-9(5-7)13-8;1-3(2)4(5)6/h7-9H,1,3-5H2,2H3;1H2,2H3,(H,5,6). The quantitative estimate of drug-likeness (QED) is 0.482. The molecule has 1 saturated heterocycles. The molecule has 19 heavy (non-hydrogen) atoms. The SMILES string of the molecule is C=C(C)C(=O)O.C=C(C)C(=O)OC1CCC2OC2C1. The van der Waals surface area contributed by atoms with Crippen LogP contribution in [0.5, 0.6) is 0 Å². The highest BCUT2D eigenvalue weighted by atomic mass is 16.6. The van der Waals surface area contributed by atoms with Crippen molar-refractivity contribution >= 4 is 11.9 Å². The first-order valence-corrected chi connectivity index (χ1v) is 6.22. The number of ether oxygens (including phenoxy) is 2. The van der Waals surface area contributed by atoms with Gasteiger partial charge in [0.25, 0.3) is 0 Å². The van der Waals surface area contributed by atoms with E-state index in [1.165, 1.54) is 6.92 Å². The van der Waals surface area contributed by atoms with Gasteiger partial charge in [0.2, 0.25) is 0 Å². The fourth-order valence-corrected chi connectivity index (χ4v) is 1.73. The van der Waals surface area contributed by atoms with Gasteiger partial charge in [0.05, 0.1) is 12.2 Å². The Labute approximate surface area is 112 Å². The van der Waals surface area contributed by atoms with Gasteiger partial charge in [0, 0.05) is 17.6 Å². The van der Waals surface area contributed by atoms with E-state index >= 15 is 0 Å². The molecule has 2 aliphatic rings. The molecule has 5 nitrogen and oxygen atoms in total. The normalized spacial score (nSPS) is 27.2. The van der Waals surface area contributed by atoms with Crippen LogP contribution in [0, 0.1) is 0 Å². The molecule has 0 aromatic carbocycles. The maximum atomic E-state index is 11.2. The Kier molecular flexibility index (Phi) is 5.30. The molecule has 2 rings (SSSR count). The monoisotopic (exact) mass is 268 g/mol. The van der Waals surface area contributed by atoms with Crippen LogP contribution in [0.15, 0.2) is 24.3 Å². The zero-order valence-electron chi connectivity index (χ0n) is 11.3. The van der Waals surface area contributed by atoms with Crippen LogP contribution in [0.1, 0.15) is 33.1 Å². The number of carbonyl (C=O) groups excluding carboxylic acids is 1. The summed E-state index contributed by atoms with van der Waals surface area (Å²) in [5.41, 5.74) is 0.647. The molecule has 0 aromatic heterocycles. The summed E-state index contributed by atoms with van der Waals surface area (Å²) in [4.78, 5) is 20.8. The van der Waals surface area contributed by atoms with Gasteiger partial charge in [-0.05, 0) is 26.7 Å². The van der Waals surface area contributed by atoms with Crippen molar-refractivity contribution < 1.29 is 24.2 Å². The topological polar surface area (TPSA) is 76.1 Å². The van der Waals surface area contributed by atoms with E-state index in [2.05, 4.69) is 13.2 Å². The van der Waals surface area contributed by atoms with Crippen molar-refractivity contribution in [2.24, 2.45) is 0 Å². The van der Waals surface area contributed by atoms with Gasteiger partial charge in [0.1, 0.15) is 6.10 Å². The largest absolute Gasteiger partial charge is 0.478 e. The van der Waals surface area contributed by atoms with Crippen LogP contribution in [-0.4, -0.2) is 35.4 Å². The van der Waals surface area contributed by atoms with Gasteiger partial charge in [-0.15, -0.1) is 0 Å². The molecule has 0 bridgehead atoms. The number of fused-ring (bicyclic) bond motifs is 1. The summed E-state index contributed by atoms with van der Waals surface area (Å²) in [6.07, 6.45) is 3.69. The molecule has 5 heteroatoms. The molecule has 1 heterocycles. The van der Waals surface area contributed by atoms with E-state index in [0.29, 0.717) is 17.8 Å². The zero-order valence-corrected chi connectivity index (χ0v) is 11.3. The van der Waals surface area contributed by atoms with Gasteiger partial charge in [-0.25, -0.2) is 9.59 Å². The predicted molar refractivity (Wildman–Crippen MR) is 69.7 cm³/mol. The van der Waals surface area contributed by atoms with E-state index in [-0.39, 0.29) is 17.6 Å². The summed E-state index contributed by atoms with van der Waals surface area (Å²) in [6, 6.07) is 0. The maximum absolute atomic E-state index is 11.2. The van der Waals surface area contributed by atoms with Crippen molar-refractivity contribution in [2.75, 3.05) is 0 Å². The Balaban J connectivity index is 0.000000258. The van der Waals surface area contributed by atoms with Crippen molar-refractivity contribution in [3.8, 4) is 0 Å². The van der Waals surface area contributed by atoms with Crippen molar-refractivity contribution in [3.05, 3.63) is 24.3 Å². The molecule has 1 N–H and O–H groups in total. The van der Waals surface area contributed by atoms with E-state index in [9.17, 15) is 9.59 Å². The predicted octanol–water partition coefficient (Wildman–Crippen LogP) is 2.07. The van der Waals surface area contributed by atoms with E-state index in [0.717, 1.165) is 19.3 Å². The van der Waals surface area contributed by atoms with Crippen LogP contribution < -0.4 is 0 Å². The molecule has 0 amide bonds. The van der Waals surface area contributed by atoms with Crippen LogP contribution in [0.3, 0.4) is 0 Å². The molecule has 3 atom stereocenters. The molecule has 1 aliphatic carbocycles. The Morgan fingerprint density at radius 3 is 2.16 bits per heavy atom. The van der Waals surface area contributed by atoms with Gasteiger partial charge in [-0.3, -0.25) is 0 Å². The van der Waals surface area contributed by atoms with E-state index in [1.54, 1.807) is 6.92 Å². The molecule has 0 radical (unpaired) electrons. The van der Waals surface area contributed by atoms with Crippen LogP contribution in [-0.2, 0) is 19.1 Å². The van der Waals surface area contributed by atoms with E-state index < -0.39 is 5.97 Å². The number of carboxylic acid groups (broad SMARTS) is 1. The van der Waals surface area contributed by atoms with Gasteiger partial charge in [-0.2, -0.15) is 0 Å². The molecule has 3 unspecified atom stereocenters. The Morgan fingerprint density at radius 2 is 1.74 bits per heavy atom. The Hall–Kier alpha value is -1.62. The highest BCUT2D eigenvalue weighted by molar-refractivity contribution is 5.87. The Morgan fingerprint density at radius 1 is 1.16 bits per heavy atom. The number of hydrogen-bond donors (Lipinski definition) is 1. The average molecular weight is 268 g/mol. The van der Waals surface area contributed by atoms with Crippen LogP contribution in [0.2, 0.25) is 0 Å². The third-order valence-electron chi connectivity index (χ3n) is 2.94. The summed E-state index contributed by atoms with van der Waals surface area (Å²) < 4.78 is 10.6. The van der Waals surface area contributed by atoms with E-state index in [4.69, 9.17) is 14.6 Å². The third kappa shape index (κ3) is 5.26. The average Bonchev–Trinajstić information content (AvgIpc) is 3.07. The Bertz CT molecular complexity index is 387. The lowest BCUT2D eigenvalue weighted by Crippen LogP contribution is -2.24. The lowest BCUT2D eigenvalue weighted by atomic mass is 9.98. The first kappa shape index (κ1) is 15.4. The highest BCUT2D eigenvalue weighted by Crippen LogP contribution is 2.37. The summed E-state index contributed by atoms with van der Waals surface area (Å²) in [6.45, 7) is 9.81. The molecule has 106 valence electrons. The highest BCUT2D eigenvalue weighted by Gasteiger charge is 2.44. The van der Waals surface area contributed by atoms with Gasteiger partial charge in [0.15, 0.2) is 0 Å². The number of esters is 1. The first-order valence-electron chi connectivity index (χ1n) is 6.22. The molecular weight excluding hydrogens is 248 g/mol. The lowest BCUT2D eigenvalue weighted by molar-refractivity contribution is -0.145. The fraction of sp³-hybridized carbons (Fsp3) is 0.571. The summed E-state index contributed by atoms with van der Waals surface area (Å²) >= 11 is 0. The van der Waals surface area contributed by atoms with Crippen LogP contribution in [0.25, 0.3) is 0 Å².